The zero-order valence-corrected chi connectivity index (χ0v) is 13.1. The number of rotatable bonds is 7. The minimum Gasteiger partial charge on any atom is -0.366 e. The molecule has 0 spiro atoms. The Morgan fingerprint density at radius 3 is 2.50 bits per heavy atom. The quantitative estimate of drug-likeness (QED) is 0.812. The van der Waals surface area contributed by atoms with Gasteiger partial charge in [-0.3, -0.25) is 0 Å². The van der Waals surface area contributed by atoms with E-state index in [0.29, 0.717) is 18.0 Å². The van der Waals surface area contributed by atoms with Crippen molar-refractivity contribution in [1.82, 2.24) is 5.32 Å². The van der Waals surface area contributed by atoms with Crippen LogP contribution in [0.1, 0.15) is 46.1 Å². The van der Waals surface area contributed by atoms with E-state index in [1.807, 2.05) is 12.1 Å². The molecule has 0 radical (unpaired) electrons. The van der Waals surface area contributed by atoms with E-state index in [4.69, 9.17) is 0 Å². The summed E-state index contributed by atoms with van der Waals surface area (Å²) in [4.78, 5) is 2.29. The lowest BCUT2D eigenvalue weighted by molar-refractivity contribution is 0.560. The molecule has 0 heterocycles. The van der Waals surface area contributed by atoms with E-state index in [9.17, 15) is 4.39 Å². The van der Waals surface area contributed by atoms with E-state index in [2.05, 4.69) is 37.9 Å². The third kappa shape index (κ3) is 3.95. The summed E-state index contributed by atoms with van der Waals surface area (Å²) < 4.78 is 14.4. The summed E-state index contributed by atoms with van der Waals surface area (Å²) in [5.74, 6) is 0.460. The molecule has 0 aliphatic heterocycles. The maximum absolute atomic E-state index is 14.4. The van der Waals surface area contributed by atoms with Crippen LogP contribution in [0.4, 0.5) is 10.1 Å². The Morgan fingerprint density at radius 1 is 1.25 bits per heavy atom. The van der Waals surface area contributed by atoms with Crippen LogP contribution >= 0.6 is 0 Å². The first-order valence-electron chi connectivity index (χ1n) is 7.76. The number of halogens is 1. The fourth-order valence-electron chi connectivity index (χ4n) is 2.54. The third-order valence-corrected chi connectivity index (χ3v) is 3.61. The van der Waals surface area contributed by atoms with Gasteiger partial charge >= 0.3 is 0 Å². The summed E-state index contributed by atoms with van der Waals surface area (Å²) in [5, 5.41) is 3.40. The molecule has 1 aromatic rings. The molecule has 3 heteroatoms. The first kappa shape index (κ1) is 15.3. The maximum atomic E-state index is 14.4. The molecule has 2 nitrogen and oxygen atoms in total. The van der Waals surface area contributed by atoms with Crippen molar-refractivity contribution in [3.05, 3.63) is 29.6 Å². The lowest BCUT2D eigenvalue weighted by atomic mass is 10.1. The molecule has 1 fully saturated rings. The number of nitrogens with zero attached hydrogens (tertiary/aromatic N) is 1. The predicted octanol–water partition coefficient (Wildman–Crippen LogP) is 3.95. The molecule has 1 aromatic carbocycles. The first-order chi connectivity index (χ1) is 9.49. The average Bonchev–Trinajstić information content (AvgIpc) is 3.18. The first-order valence-corrected chi connectivity index (χ1v) is 7.76. The lowest BCUT2D eigenvalue weighted by Crippen LogP contribution is -2.32. The van der Waals surface area contributed by atoms with Gasteiger partial charge < -0.3 is 10.2 Å². The van der Waals surface area contributed by atoms with Crippen molar-refractivity contribution in [2.75, 3.05) is 11.4 Å². The Morgan fingerprint density at radius 2 is 1.95 bits per heavy atom. The minimum absolute atomic E-state index is 0.0828. The van der Waals surface area contributed by atoms with Crippen LogP contribution in [0.15, 0.2) is 18.2 Å². The topological polar surface area (TPSA) is 15.3 Å². The van der Waals surface area contributed by atoms with Crippen molar-refractivity contribution in [1.29, 1.82) is 0 Å². The standard InChI is InChI=1S/C17H27FN2/c1-12(2)11-20(15-8-9-15)17-14(10-19-13(3)4)6-5-7-16(17)18/h5-7,12-13,15,19H,8-11H2,1-4H3. The molecule has 2 rings (SSSR count). The third-order valence-electron chi connectivity index (χ3n) is 3.61. The Labute approximate surface area is 122 Å². The van der Waals surface area contributed by atoms with Gasteiger partial charge in [0.1, 0.15) is 5.82 Å². The van der Waals surface area contributed by atoms with Crippen LogP contribution in [0.3, 0.4) is 0 Å². The summed E-state index contributed by atoms with van der Waals surface area (Å²) in [6.45, 7) is 10.3. The zero-order chi connectivity index (χ0) is 14.7. The number of para-hydroxylation sites is 1. The molecule has 0 amide bonds. The van der Waals surface area contributed by atoms with Crippen LogP contribution in [-0.2, 0) is 6.54 Å². The zero-order valence-electron chi connectivity index (χ0n) is 13.1. The Hall–Kier alpha value is -1.09. The summed E-state index contributed by atoms with van der Waals surface area (Å²) in [6, 6.07) is 6.39. The monoisotopic (exact) mass is 278 g/mol. The summed E-state index contributed by atoms with van der Waals surface area (Å²) in [5.41, 5.74) is 1.89. The highest BCUT2D eigenvalue weighted by Gasteiger charge is 2.32. The fourth-order valence-corrected chi connectivity index (χ4v) is 2.54. The van der Waals surface area contributed by atoms with E-state index >= 15 is 0 Å². The van der Waals surface area contributed by atoms with Crippen LogP contribution < -0.4 is 10.2 Å². The minimum atomic E-state index is -0.0828. The van der Waals surface area contributed by atoms with Crippen molar-refractivity contribution in [2.24, 2.45) is 5.92 Å². The van der Waals surface area contributed by atoms with Crippen molar-refractivity contribution >= 4 is 5.69 Å². The van der Waals surface area contributed by atoms with E-state index in [0.717, 1.165) is 24.3 Å². The Balaban J connectivity index is 2.26. The second kappa shape index (κ2) is 6.57. The molecule has 1 N–H and O–H groups in total. The Kier molecular flexibility index (Phi) is 5.03. The number of nitrogens with one attached hydrogen (secondary N) is 1. The van der Waals surface area contributed by atoms with Gasteiger partial charge in [-0.25, -0.2) is 4.39 Å². The van der Waals surface area contributed by atoms with Crippen LogP contribution in [0.25, 0.3) is 0 Å². The van der Waals surface area contributed by atoms with Crippen molar-refractivity contribution in [3.63, 3.8) is 0 Å². The SMILES string of the molecule is CC(C)CN(c1c(F)cccc1CNC(C)C)C1CC1. The average molecular weight is 278 g/mol. The smallest absolute Gasteiger partial charge is 0.146 e. The molecular weight excluding hydrogens is 251 g/mol. The molecular formula is C17H27FN2. The van der Waals surface area contributed by atoms with E-state index in [1.54, 1.807) is 6.07 Å². The number of anilines is 1. The van der Waals surface area contributed by atoms with Gasteiger partial charge in [-0.15, -0.1) is 0 Å². The van der Waals surface area contributed by atoms with Crippen LogP contribution in [-0.4, -0.2) is 18.6 Å². The van der Waals surface area contributed by atoms with Gasteiger partial charge in [0.15, 0.2) is 0 Å². The highest BCUT2D eigenvalue weighted by Crippen LogP contribution is 2.36. The molecule has 0 atom stereocenters. The largest absolute Gasteiger partial charge is 0.366 e. The van der Waals surface area contributed by atoms with Gasteiger partial charge in [0.25, 0.3) is 0 Å². The number of hydrogen-bond donors (Lipinski definition) is 1. The maximum Gasteiger partial charge on any atom is 0.146 e. The molecule has 112 valence electrons. The Bertz CT molecular complexity index is 439. The van der Waals surface area contributed by atoms with E-state index in [1.165, 1.54) is 12.8 Å². The van der Waals surface area contributed by atoms with Gasteiger partial charge in [-0.1, -0.05) is 39.8 Å². The van der Waals surface area contributed by atoms with Crippen LogP contribution in [0, 0.1) is 11.7 Å². The van der Waals surface area contributed by atoms with Gasteiger partial charge in [0.05, 0.1) is 5.69 Å². The molecule has 1 saturated carbocycles. The second-order valence-electron chi connectivity index (χ2n) is 6.56. The molecule has 1 aliphatic carbocycles. The summed E-state index contributed by atoms with van der Waals surface area (Å²) >= 11 is 0. The van der Waals surface area contributed by atoms with Crippen LogP contribution in [0.5, 0.6) is 0 Å². The van der Waals surface area contributed by atoms with Gasteiger partial charge in [-0.2, -0.15) is 0 Å². The van der Waals surface area contributed by atoms with Crippen LogP contribution in [0.2, 0.25) is 0 Å². The predicted molar refractivity (Wildman–Crippen MR) is 83.6 cm³/mol. The molecule has 0 bridgehead atoms. The van der Waals surface area contributed by atoms with Gasteiger partial charge in [0, 0.05) is 25.2 Å². The van der Waals surface area contributed by atoms with Gasteiger partial charge in [-0.05, 0) is 30.4 Å². The molecule has 1 aliphatic rings. The number of benzene rings is 1. The highest BCUT2D eigenvalue weighted by atomic mass is 19.1. The highest BCUT2D eigenvalue weighted by molar-refractivity contribution is 5.56. The summed E-state index contributed by atoms with van der Waals surface area (Å²) in [7, 11) is 0. The van der Waals surface area contributed by atoms with Crippen molar-refractivity contribution in [3.8, 4) is 0 Å². The van der Waals surface area contributed by atoms with Crippen molar-refractivity contribution < 1.29 is 4.39 Å². The number of hydrogen-bond acceptors (Lipinski definition) is 2. The molecule has 20 heavy (non-hydrogen) atoms. The van der Waals surface area contributed by atoms with E-state index < -0.39 is 0 Å². The molecule has 0 aromatic heterocycles. The van der Waals surface area contributed by atoms with Gasteiger partial charge in [0.2, 0.25) is 0 Å². The normalized spacial score (nSPS) is 15.2. The lowest BCUT2D eigenvalue weighted by Gasteiger charge is -2.29. The summed E-state index contributed by atoms with van der Waals surface area (Å²) in [6.07, 6.45) is 2.39. The molecule has 0 saturated heterocycles. The van der Waals surface area contributed by atoms with Crippen molar-refractivity contribution in [2.45, 2.75) is 59.2 Å². The molecule has 0 unspecified atom stereocenters. The second-order valence-corrected chi connectivity index (χ2v) is 6.56. The van der Waals surface area contributed by atoms with E-state index in [-0.39, 0.29) is 5.82 Å². The fraction of sp³-hybridized carbons (Fsp3) is 0.647.